The van der Waals surface area contributed by atoms with Crippen LogP contribution < -0.4 is 20.1 Å². The van der Waals surface area contributed by atoms with E-state index in [2.05, 4.69) is 10.6 Å². The van der Waals surface area contributed by atoms with Gasteiger partial charge in [0.05, 0.1) is 19.3 Å². The predicted molar refractivity (Wildman–Crippen MR) is 91.7 cm³/mol. The summed E-state index contributed by atoms with van der Waals surface area (Å²) in [6, 6.07) is 12.3. The van der Waals surface area contributed by atoms with E-state index in [0.717, 1.165) is 5.56 Å². The molecule has 2 N–H and O–H groups in total. The van der Waals surface area contributed by atoms with Gasteiger partial charge >= 0.3 is 6.03 Å². The van der Waals surface area contributed by atoms with Crippen LogP contribution >= 0.6 is 11.6 Å². The first-order valence-corrected chi connectivity index (χ1v) is 7.54. The molecule has 5 nitrogen and oxygen atoms in total. The molecule has 0 bridgehead atoms. The van der Waals surface area contributed by atoms with Gasteiger partial charge in [-0.1, -0.05) is 17.7 Å². The number of carbonyl (C=O) groups is 1. The van der Waals surface area contributed by atoms with Gasteiger partial charge in [-0.05, 0) is 48.9 Å². The van der Waals surface area contributed by atoms with Crippen molar-refractivity contribution in [2.45, 2.75) is 6.92 Å². The Morgan fingerprint density at radius 1 is 1.17 bits per heavy atom. The molecule has 0 saturated carbocycles. The normalized spacial score (nSPS) is 10.0. The number of hydrogen-bond donors (Lipinski definition) is 2. The summed E-state index contributed by atoms with van der Waals surface area (Å²) < 4.78 is 10.7. The number of anilines is 1. The Morgan fingerprint density at radius 3 is 2.61 bits per heavy atom. The highest BCUT2D eigenvalue weighted by Crippen LogP contribution is 2.24. The van der Waals surface area contributed by atoms with E-state index < -0.39 is 0 Å². The lowest BCUT2D eigenvalue weighted by Gasteiger charge is -2.12. The molecule has 0 unspecified atom stereocenters. The third kappa shape index (κ3) is 5.38. The fourth-order valence-corrected chi connectivity index (χ4v) is 2.08. The molecule has 0 saturated heterocycles. The van der Waals surface area contributed by atoms with Crippen molar-refractivity contribution in [2.75, 3.05) is 25.6 Å². The van der Waals surface area contributed by atoms with E-state index in [1.54, 1.807) is 31.4 Å². The van der Waals surface area contributed by atoms with Gasteiger partial charge in [0.2, 0.25) is 0 Å². The van der Waals surface area contributed by atoms with E-state index in [-0.39, 0.29) is 6.03 Å². The molecular weight excluding hydrogens is 316 g/mol. The number of hydrogen-bond acceptors (Lipinski definition) is 3. The summed E-state index contributed by atoms with van der Waals surface area (Å²) in [5.74, 6) is 1.32. The zero-order valence-corrected chi connectivity index (χ0v) is 13.8. The number of halogens is 1. The standard InChI is InChI=1S/C17H19ClN2O3/c1-12-3-8-16(22-2)15(11-12)20-17(21)19-9-10-23-14-6-4-13(18)5-7-14/h3-8,11H,9-10H2,1-2H3,(H2,19,20,21). The number of urea groups is 1. The monoisotopic (exact) mass is 334 g/mol. The minimum Gasteiger partial charge on any atom is -0.495 e. The molecule has 2 amide bonds. The number of carbonyl (C=O) groups excluding carboxylic acids is 1. The third-order valence-corrected chi connectivity index (χ3v) is 3.33. The van der Waals surface area contributed by atoms with Crippen LogP contribution in [-0.4, -0.2) is 26.3 Å². The predicted octanol–water partition coefficient (Wildman–Crippen LogP) is 3.86. The van der Waals surface area contributed by atoms with Gasteiger partial charge < -0.3 is 20.1 Å². The van der Waals surface area contributed by atoms with Crippen molar-refractivity contribution in [2.24, 2.45) is 0 Å². The number of nitrogens with one attached hydrogen (secondary N) is 2. The van der Waals surface area contributed by atoms with Crippen molar-refractivity contribution in [1.82, 2.24) is 5.32 Å². The SMILES string of the molecule is COc1ccc(C)cc1NC(=O)NCCOc1ccc(Cl)cc1. The van der Waals surface area contributed by atoms with Gasteiger partial charge in [0, 0.05) is 5.02 Å². The molecule has 2 aromatic carbocycles. The summed E-state index contributed by atoms with van der Waals surface area (Å²) in [4.78, 5) is 11.9. The Morgan fingerprint density at radius 2 is 1.91 bits per heavy atom. The highest BCUT2D eigenvalue weighted by Gasteiger charge is 2.07. The van der Waals surface area contributed by atoms with Crippen LogP contribution in [0.15, 0.2) is 42.5 Å². The Hall–Kier alpha value is -2.40. The van der Waals surface area contributed by atoms with Crippen molar-refractivity contribution in [1.29, 1.82) is 0 Å². The second-order valence-electron chi connectivity index (χ2n) is 4.89. The third-order valence-electron chi connectivity index (χ3n) is 3.07. The van der Waals surface area contributed by atoms with E-state index in [1.165, 1.54) is 0 Å². The maximum atomic E-state index is 11.9. The Bertz CT molecular complexity index is 659. The van der Waals surface area contributed by atoms with Crippen molar-refractivity contribution in [3.8, 4) is 11.5 Å². The maximum absolute atomic E-state index is 11.9. The topological polar surface area (TPSA) is 59.6 Å². The van der Waals surface area contributed by atoms with Gasteiger partial charge in [-0.2, -0.15) is 0 Å². The molecule has 0 aliphatic carbocycles. The van der Waals surface area contributed by atoms with Crippen LogP contribution in [0.4, 0.5) is 10.5 Å². The fourth-order valence-electron chi connectivity index (χ4n) is 1.95. The molecule has 0 heterocycles. The van der Waals surface area contributed by atoms with E-state index in [9.17, 15) is 4.79 Å². The fraction of sp³-hybridized carbons (Fsp3) is 0.235. The molecule has 2 aromatic rings. The molecular formula is C17H19ClN2O3. The average molecular weight is 335 g/mol. The molecule has 23 heavy (non-hydrogen) atoms. The summed E-state index contributed by atoms with van der Waals surface area (Å²) >= 11 is 5.80. The average Bonchev–Trinajstić information content (AvgIpc) is 2.53. The van der Waals surface area contributed by atoms with Crippen LogP contribution in [0.3, 0.4) is 0 Å². The van der Waals surface area contributed by atoms with E-state index in [4.69, 9.17) is 21.1 Å². The lowest BCUT2D eigenvalue weighted by atomic mass is 10.2. The van der Waals surface area contributed by atoms with Crippen molar-refractivity contribution >= 4 is 23.3 Å². The summed E-state index contributed by atoms with van der Waals surface area (Å²) in [7, 11) is 1.56. The van der Waals surface area contributed by atoms with E-state index in [0.29, 0.717) is 35.4 Å². The molecule has 2 rings (SSSR count). The molecule has 0 aromatic heterocycles. The van der Waals surface area contributed by atoms with Crippen molar-refractivity contribution in [3.63, 3.8) is 0 Å². The van der Waals surface area contributed by atoms with Gasteiger partial charge in [-0.25, -0.2) is 4.79 Å². The zero-order valence-electron chi connectivity index (χ0n) is 13.1. The van der Waals surface area contributed by atoms with Gasteiger partial charge in [0.15, 0.2) is 0 Å². The van der Waals surface area contributed by atoms with Crippen LogP contribution in [0.5, 0.6) is 11.5 Å². The molecule has 6 heteroatoms. The van der Waals surface area contributed by atoms with Crippen LogP contribution in [0.25, 0.3) is 0 Å². The highest BCUT2D eigenvalue weighted by atomic mass is 35.5. The van der Waals surface area contributed by atoms with Crippen LogP contribution in [0.1, 0.15) is 5.56 Å². The number of methoxy groups -OCH3 is 1. The summed E-state index contributed by atoms with van der Waals surface area (Å²) in [5, 5.41) is 6.14. The Balaban J connectivity index is 1.77. The van der Waals surface area contributed by atoms with Gasteiger partial charge in [-0.15, -0.1) is 0 Å². The molecule has 0 aliphatic heterocycles. The maximum Gasteiger partial charge on any atom is 0.319 e. The quantitative estimate of drug-likeness (QED) is 0.789. The lowest BCUT2D eigenvalue weighted by Crippen LogP contribution is -2.32. The number of ether oxygens (including phenoxy) is 2. The van der Waals surface area contributed by atoms with Gasteiger partial charge in [0.1, 0.15) is 18.1 Å². The first-order chi connectivity index (χ1) is 11.1. The minimum absolute atomic E-state index is 0.311. The molecule has 0 radical (unpaired) electrons. The molecule has 0 atom stereocenters. The smallest absolute Gasteiger partial charge is 0.319 e. The second kappa shape index (κ2) is 8.29. The van der Waals surface area contributed by atoms with Crippen LogP contribution in [0, 0.1) is 6.92 Å². The number of benzene rings is 2. The number of rotatable bonds is 6. The largest absolute Gasteiger partial charge is 0.495 e. The summed E-state index contributed by atoms with van der Waals surface area (Å²) in [6.07, 6.45) is 0. The van der Waals surface area contributed by atoms with Gasteiger partial charge in [0.25, 0.3) is 0 Å². The molecule has 0 aliphatic rings. The lowest BCUT2D eigenvalue weighted by molar-refractivity contribution is 0.247. The van der Waals surface area contributed by atoms with Crippen molar-refractivity contribution < 1.29 is 14.3 Å². The van der Waals surface area contributed by atoms with Crippen molar-refractivity contribution in [3.05, 3.63) is 53.1 Å². The first kappa shape index (κ1) is 17.0. The van der Waals surface area contributed by atoms with Crippen LogP contribution in [0.2, 0.25) is 5.02 Å². The Labute approximate surface area is 140 Å². The minimum atomic E-state index is -0.311. The van der Waals surface area contributed by atoms with E-state index in [1.807, 2.05) is 25.1 Å². The second-order valence-corrected chi connectivity index (χ2v) is 5.32. The zero-order chi connectivity index (χ0) is 16.7. The highest BCUT2D eigenvalue weighted by molar-refractivity contribution is 6.30. The van der Waals surface area contributed by atoms with Gasteiger partial charge in [-0.3, -0.25) is 0 Å². The summed E-state index contributed by atoms with van der Waals surface area (Å²) in [6.45, 7) is 2.69. The summed E-state index contributed by atoms with van der Waals surface area (Å²) in [5.41, 5.74) is 1.66. The number of amides is 2. The number of aryl methyl sites for hydroxylation is 1. The first-order valence-electron chi connectivity index (χ1n) is 7.16. The molecule has 122 valence electrons. The van der Waals surface area contributed by atoms with E-state index >= 15 is 0 Å². The van der Waals surface area contributed by atoms with Crippen LogP contribution in [-0.2, 0) is 0 Å². The molecule has 0 fully saturated rings. The molecule has 0 spiro atoms. The Kier molecular flexibility index (Phi) is 6.11.